The van der Waals surface area contributed by atoms with Crippen molar-refractivity contribution in [2.75, 3.05) is 26.2 Å². The molecule has 51 heavy (non-hydrogen) atoms. The van der Waals surface area contributed by atoms with E-state index in [1.807, 2.05) is 92.6 Å². The van der Waals surface area contributed by atoms with Crippen molar-refractivity contribution < 1.29 is 38.5 Å². The summed E-state index contributed by atoms with van der Waals surface area (Å²) in [4.78, 5) is 54.7. The van der Waals surface area contributed by atoms with Crippen molar-refractivity contribution in [3.05, 3.63) is 70.8 Å². The van der Waals surface area contributed by atoms with Crippen molar-refractivity contribution in [3.8, 4) is 0 Å². The zero-order chi connectivity index (χ0) is 37.7. The SMILES string of the molecule is CC(C)(C)OC(=O)[C@@H](Cc1cccc(Cc2cccc(C[C@H](C(=O)O)[C@H]3CCN(C(=O)OC(C)(C)C)C3)c2)c1)[C@H]1CCN(C(=O)OC(C)(C)C)C1. The van der Waals surface area contributed by atoms with Crippen LogP contribution in [0.2, 0.25) is 0 Å². The molecule has 2 heterocycles. The minimum atomic E-state index is -0.861. The van der Waals surface area contributed by atoms with Gasteiger partial charge in [0.05, 0.1) is 11.8 Å². The Morgan fingerprint density at radius 2 is 1.04 bits per heavy atom. The van der Waals surface area contributed by atoms with Crippen LogP contribution in [0.25, 0.3) is 0 Å². The second kappa shape index (κ2) is 16.1. The molecule has 0 saturated carbocycles. The van der Waals surface area contributed by atoms with Gasteiger partial charge in [0.2, 0.25) is 0 Å². The predicted octanol–water partition coefficient (Wildman–Crippen LogP) is 7.54. The molecule has 10 heteroatoms. The lowest BCUT2D eigenvalue weighted by atomic mass is 9.85. The fourth-order valence-corrected chi connectivity index (χ4v) is 6.97. The number of benzene rings is 2. The second-order valence-electron chi connectivity index (χ2n) is 17.3. The number of esters is 1. The molecule has 2 aliphatic rings. The van der Waals surface area contributed by atoms with Crippen LogP contribution < -0.4 is 0 Å². The molecular formula is C41H58N2O8. The van der Waals surface area contributed by atoms with Crippen LogP contribution in [0, 0.1) is 23.7 Å². The topological polar surface area (TPSA) is 123 Å². The lowest BCUT2D eigenvalue weighted by Gasteiger charge is -2.28. The van der Waals surface area contributed by atoms with Gasteiger partial charge in [-0.05, 0) is 129 Å². The molecule has 1 N–H and O–H groups in total. The number of likely N-dealkylation sites (tertiary alicyclic amines) is 2. The molecule has 2 saturated heterocycles. The average molecular weight is 707 g/mol. The van der Waals surface area contributed by atoms with Crippen molar-refractivity contribution in [1.82, 2.24) is 9.80 Å². The van der Waals surface area contributed by atoms with Gasteiger partial charge in [-0.15, -0.1) is 0 Å². The first kappa shape index (κ1) is 39.7. The van der Waals surface area contributed by atoms with Gasteiger partial charge in [-0.1, -0.05) is 48.5 Å². The number of carbonyl (C=O) groups is 4. The van der Waals surface area contributed by atoms with Gasteiger partial charge in [-0.2, -0.15) is 0 Å². The average Bonchev–Trinajstić information content (AvgIpc) is 3.67. The zero-order valence-corrected chi connectivity index (χ0v) is 32.0. The first-order valence-corrected chi connectivity index (χ1v) is 18.2. The molecule has 4 atom stereocenters. The van der Waals surface area contributed by atoms with Gasteiger partial charge < -0.3 is 29.1 Å². The number of ether oxygens (including phenoxy) is 3. The first-order chi connectivity index (χ1) is 23.7. The largest absolute Gasteiger partial charge is 0.481 e. The third kappa shape index (κ3) is 12.3. The highest BCUT2D eigenvalue weighted by Gasteiger charge is 2.40. The lowest BCUT2D eigenvalue weighted by Crippen LogP contribution is -2.38. The maximum Gasteiger partial charge on any atom is 0.410 e. The van der Waals surface area contributed by atoms with Gasteiger partial charge in [0.15, 0.2) is 0 Å². The molecule has 2 fully saturated rings. The van der Waals surface area contributed by atoms with Crippen molar-refractivity contribution in [1.29, 1.82) is 0 Å². The van der Waals surface area contributed by atoms with Gasteiger partial charge >= 0.3 is 24.1 Å². The number of amides is 2. The summed E-state index contributed by atoms with van der Waals surface area (Å²) in [6, 6.07) is 16.2. The standard InChI is InChI=1S/C41H58N2O8/c1-39(2,3)49-36(46)34(32-17-19-43(26-32)38(48)51-41(7,8)9)24-30-15-11-13-28(22-30)20-27-12-10-14-29(21-27)23-33(35(44)45)31-16-18-42(25-31)37(47)50-40(4,5)6/h10-15,21-22,31-34H,16-20,23-26H2,1-9H3,(H,44,45)/t31-,32-,33-,34-/m0/s1. The molecule has 0 aromatic heterocycles. The normalized spacial score (nSPS) is 19.4. The number of carboxylic acids is 1. The maximum absolute atomic E-state index is 13.6. The quantitative estimate of drug-likeness (QED) is 0.199. The van der Waals surface area contributed by atoms with Crippen LogP contribution in [0.4, 0.5) is 9.59 Å². The van der Waals surface area contributed by atoms with E-state index in [1.54, 1.807) is 9.80 Å². The molecule has 4 rings (SSSR count). The van der Waals surface area contributed by atoms with Crippen molar-refractivity contribution in [2.45, 2.75) is 111 Å². The first-order valence-electron chi connectivity index (χ1n) is 18.2. The minimum Gasteiger partial charge on any atom is -0.481 e. The third-order valence-corrected chi connectivity index (χ3v) is 9.22. The molecule has 2 amide bonds. The molecule has 2 aromatic rings. The van der Waals surface area contributed by atoms with E-state index in [0.717, 1.165) is 22.3 Å². The number of hydrogen-bond donors (Lipinski definition) is 1. The number of nitrogens with zero attached hydrogens (tertiary/aromatic N) is 2. The summed E-state index contributed by atoms with van der Waals surface area (Å²) in [6.07, 6.45) is 2.04. The summed E-state index contributed by atoms with van der Waals surface area (Å²) in [5.41, 5.74) is 2.24. The molecule has 0 unspecified atom stereocenters. The molecular weight excluding hydrogens is 648 g/mol. The van der Waals surface area contributed by atoms with Crippen LogP contribution in [-0.4, -0.2) is 82.0 Å². The highest BCUT2D eigenvalue weighted by atomic mass is 16.6. The Morgan fingerprint density at radius 1 is 0.647 bits per heavy atom. The van der Waals surface area contributed by atoms with E-state index in [4.69, 9.17) is 14.2 Å². The van der Waals surface area contributed by atoms with E-state index in [1.165, 1.54) is 0 Å². The Kier molecular flexibility index (Phi) is 12.5. The summed E-state index contributed by atoms with van der Waals surface area (Å²) in [6.45, 7) is 18.4. The number of carboxylic acid groups (broad SMARTS) is 1. The molecule has 2 aromatic carbocycles. The smallest absolute Gasteiger partial charge is 0.410 e. The van der Waals surface area contributed by atoms with Crippen LogP contribution >= 0.6 is 0 Å². The van der Waals surface area contributed by atoms with E-state index in [2.05, 4.69) is 18.2 Å². The Labute approximate surface area is 303 Å². The molecule has 2 aliphatic heterocycles. The summed E-state index contributed by atoms with van der Waals surface area (Å²) in [5.74, 6) is -2.40. The Balaban J connectivity index is 1.44. The van der Waals surface area contributed by atoms with Crippen LogP contribution in [0.1, 0.15) is 97.4 Å². The van der Waals surface area contributed by atoms with Crippen molar-refractivity contribution >= 4 is 24.1 Å². The number of rotatable bonds is 10. The van der Waals surface area contributed by atoms with Gasteiger partial charge in [0, 0.05) is 26.2 Å². The molecule has 0 spiro atoms. The van der Waals surface area contributed by atoms with E-state index in [-0.39, 0.29) is 23.9 Å². The van der Waals surface area contributed by atoms with Crippen LogP contribution in [0.3, 0.4) is 0 Å². The van der Waals surface area contributed by atoms with Crippen molar-refractivity contribution in [2.24, 2.45) is 23.7 Å². The Bertz CT molecular complexity index is 1550. The van der Waals surface area contributed by atoms with Crippen molar-refractivity contribution in [3.63, 3.8) is 0 Å². The molecule has 280 valence electrons. The van der Waals surface area contributed by atoms with E-state index in [9.17, 15) is 24.3 Å². The zero-order valence-electron chi connectivity index (χ0n) is 32.0. The van der Waals surface area contributed by atoms with E-state index < -0.39 is 40.7 Å². The monoisotopic (exact) mass is 706 g/mol. The minimum absolute atomic E-state index is 0.0639. The third-order valence-electron chi connectivity index (χ3n) is 9.22. The van der Waals surface area contributed by atoms with Gasteiger partial charge in [-0.3, -0.25) is 9.59 Å². The highest BCUT2D eigenvalue weighted by Crippen LogP contribution is 2.32. The second-order valence-corrected chi connectivity index (χ2v) is 17.3. The van der Waals surface area contributed by atoms with Crippen LogP contribution in [0.5, 0.6) is 0 Å². The molecule has 0 bridgehead atoms. The lowest BCUT2D eigenvalue weighted by molar-refractivity contribution is -0.162. The molecule has 0 aliphatic carbocycles. The van der Waals surface area contributed by atoms with E-state index in [0.29, 0.717) is 58.3 Å². The van der Waals surface area contributed by atoms with Gasteiger partial charge in [0.25, 0.3) is 0 Å². The number of aliphatic carboxylic acids is 1. The van der Waals surface area contributed by atoms with Crippen LogP contribution in [-0.2, 0) is 43.1 Å². The number of hydrogen-bond acceptors (Lipinski definition) is 7. The summed E-state index contributed by atoms with van der Waals surface area (Å²) in [7, 11) is 0. The molecule has 10 nitrogen and oxygen atoms in total. The van der Waals surface area contributed by atoms with Gasteiger partial charge in [0.1, 0.15) is 16.8 Å². The fraction of sp³-hybridized carbons (Fsp3) is 0.610. The Morgan fingerprint density at radius 3 is 1.45 bits per heavy atom. The fourth-order valence-electron chi connectivity index (χ4n) is 6.97. The Hall–Kier alpha value is -4.08. The maximum atomic E-state index is 13.6. The van der Waals surface area contributed by atoms with Gasteiger partial charge in [-0.25, -0.2) is 9.59 Å². The summed E-state index contributed by atoms with van der Waals surface area (Å²) in [5, 5.41) is 10.2. The number of carbonyl (C=O) groups excluding carboxylic acids is 3. The van der Waals surface area contributed by atoms with E-state index >= 15 is 0 Å². The molecule has 0 radical (unpaired) electrons. The van der Waals surface area contributed by atoms with Crippen LogP contribution in [0.15, 0.2) is 48.5 Å². The predicted molar refractivity (Wildman–Crippen MR) is 195 cm³/mol. The summed E-state index contributed by atoms with van der Waals surface area (Å²) >= 11 is 0. The highest BCUT2D eigenvalue weighted by molar-refractivity contribution is 5.75. The summed E-state index contributed by atoms with van der Waals surface area (Å²) < 4.78 is 17.0.